The van der Waals surface area contributed by atoms with E-state index >= 15 is 0 Å². The van der Waals surface area contributed by atoms with Crippen LogP contribution in [0, 0.1) is 18.6 Å². The van der Waals surface area contributed by atoms with Crippen LogP contribution in [0.5, 0.6) is 0 Å². The lowest BCUT2D eigenvalue weighted by molar-refractivity contribution is 0.208. The maximum atomic E-state index is 13.6. The Morgan fingerprint density at radius 2 is 1.72 bits per heavy atom. The first-order valence-corrected chi connectivity index (χ1v) is 6.18. The van der Waals surface area contributed by atoms with Crippen LogP contribution in [0.25, 0.3) is 0 Å². The molecule has 2 aromatic carbocycles. The monoisotopic (exact) mass is 312 g/mol. The van der Waals surface area contributed by atoms with E-state index in [1.165, 1.54) is 6.07 Å². The van der Waals surface area contributed by atoms with Crippen molar-refractivity contribution in [3.63, 3.8) is 0 Å². The lowest BCUT2D eigenvalue weighted by Crippen LogP contribution is -2.06. The molecule has 0 aliphatic carbocycles. The van der Waals surface area contributed by atoms with E-state index in [1.807, 2.05) is 13.0 Å². The molecule has 94 valence electrons. The smallest absolute Gasteiger partial charge is 0.132 e. The van der Waals surface area contributed by atoms with Crippen LogP contribution < -0.4 is 0 Å². The van der Waals surface area contributed by atoms with E-state index in [9.17, 15) is 13.9 Å². The number of aryl methyl sites for hydroxylation is 1. The molecule has 0 spiro atoms. The fourth-order valence-electron chi connectivity index (χ4n) is 1.80. The van der Waals surface area contributed by atoms with Gasteiger partial charge in [-0.3, -0.25) is 0 Å². The number of aliphatic hydroxyl groups is 1. The van der Waals surface area contributed by atoms with Gasteiger partial charge in [0, 0.05) is 4.47 Å². The standard InChI is InChI=1S/C14H11BrF2O/c1-8-5-6-10(15)9(7-8)14(18)13-11(16)3-2-4-12(13)17/h2-7,14,18H,1H3. The number of halogens is 3. The van der Waals surface area contributed by atoms with Crippen LogP contribution in [-0.2, 0) is 0 Å². The van der Waals surface area contributed by atoms with Crippen molar-refractivity contribution in [2.75, 3.05) is 0 Å². The zero-order valence-electron chi connectivity index (χ0n) is 9.62. The highest BCUT2D eigenvalue weighted by molar-refractivity contribution is 9.10. The molecule has 1 atom stereocenters. The lowest BCUT2D eigenvalue weighted by Gasteiger charge is -2.15. The molecule has 0 bridgehead atoms. The zero-order chi connectivity index (χ0) is 13.3. The fourth-order valence-corrected chi connectivity index (χ4v) is 2.26. The molecule has 0 radical (unpaired) electrons. The van der Waals surface area contributed by atoms with Gasteiger partial charge < -0.3 is 5.11 Å². The number of hydrogen-bond acceptors (Lipinski definition) is 1. The van der Waals surface area contributed by atoms with Crippen molar-refractivity contribution < 1.29 is 13.9 Å². The molecule has 18 heavy (non-hydrogen) atoms. The van der Waals surface area contributed by atoms with Crippen molar-refractivity contribution in [3.8, 4) is 0 Å². The largest absolute Gasteiger partial charge is 0.383 e. The Balaban J connectivity index is 2.54. The molecule has 0 aliphatic rings. The Labute approximate surface area is 112 Å². The summed E-state index contributed by atoms with van der Waals surface area (Å²) in [6.07, 6.45) is -1.33. The minimum absolute atomic E-state index is 0.330. The average Bonchev–Trinajstić information content (AvgIpc) is 2.32. The summed E-state index contributed by atoms with van der Waals surface area (Å²) in [5.74, 6) is -1.51. The molecule has 2 aromatic rings. The zero-order valence-corrected chi connectivity index (χ0v) is 11.2. The van der Waals surface area contributed by atoms with Gasteiger partial charge in [0.1, 0.15) is 17.7 Å². The molecular formula is C14H11BrF2O. The van der Waals surface area contributed by atoms with E-state index in [2.05, 4.69) is 15.9 Å². The van der Waals surface area contributed by atoms with Crippen LogP contribution in [0.1, 0.15) is 22.8 Å². The highest BCUT2D eigenvalue weighted by atomic mass is 79.9. The van der Waals surface area contributed by atoms with Gasteiger partial charge in [-0.25, -0.2) is 8.78 Å². The number of rotatable bonds is 2. The molecule has 0 saturated heterocycles. The summed E-state index contributed by atoms with van der Waals surface area (Å²) in [5.41, 5.74) is 1.02. The number of hydrogen-bond donors (Lipinski definition) is 1. The second kappa shape index (κ2) is 5.16. The van der Waals surface area contributed by atoms with Gasteiger partial charge >= 0.3 is 0 Å². The summed E-state index contributed by atoms with van der Waals surface area (Å²) in [6, 6.07) is 8.81. The van der Waals surface area contributed by atoms with Crippen molar-refractivity contribution >= 4 is 15.9 Å². The van der Waals surface area contributed by atoms with Crippen molar-refractivity contribution in [1.29, 1.82) is 0 Å². The number of aliphatic hydroxyl groups excluding tert-OH is 1. The first kappa shape index (κ1) is 13.2. The summed E-state index contributed by atoms with van der Waals surface area (Å²) >= 11 is 3.27. The fraction of sp³-hybridized carbons (Fsp3) is 0.143. The normalized spacial score (nSPS) is 12.5. The predicted molar refractivity (Wildman–Crippen MR) is 69.3 cm³/mol. The lowest BCUT2D eigenvalue weighted by atomic mass is 9.99. The second-order valence-electron chi connectivity index (χ2n) is 4.06. The summed E-state index contributed by atoms with van der Waals surface area (Å²) in [4.78, 5) is 0. The van der Waals surface area contributed by atoms with E-state index in [0.717, 1.165) is 17.7 Å². The van der Waals surface area contributed by atoms with Crippen molar-refractivity contribution in [1.82, 2.24) is 0 Å². The van der Waals surface area contributed by atoms with E-state index in [-0.39, 0.29) is 5.56 Å². The van der Waals surface area contributed by atoms with Crippen LogP contribution in [0.3, 0.4) is 0 Å². The summed E-state index contributed by atoms with van der Waals surface area (Å²) < 4.78 is 27.8. The molecule has 0 aromatic heterocycles. The van der Waals surface area contributed by atoms with E-state index < -0.39 is 17.7 Å². The molecule has 0 saturated carbocycles. The van der Waals surface area contributed by atoms with Gasteiger partial charge in [0.05, 0.1) is 5.56 Å². The molecular weight excluding hydrogens is 302 g/mol. The summed E-state index contributed by atoms with van der Waals surface area (Å²) in [7, 11) is 0. The van der Waals surface area contributed by atoms with Crippen LogP contribution in [0.2, 0.25) is 0 Å². The molecule has 0 heterocycles. The van der Waals surface area contributed by atoms with Crippen LogP contribution in [-0.4, -0.2) is 5.11 Å². The third-order valence-electron chi connectivity index (χ3n) is 2.72. The molecule has 0 aliphatic heterocycles. The number of benzene rings is 2. The van der Waals surface area contributed by atoms with Crippen LogP contribution in [0.4, 0.5) is 8.78 Å². The maximum Gasteiger partial charge on any atom is 0.132 e. The highest BCUT2D eigenvalue weighted by Crippen LogP contribution is 2.32. The Morgan fingerprint density at radius 3 is 2.33 bits per heavy atom. The molecule has 2 rings (SSSR count). The van der Waals surface area contributed by atoms with Crippen LogP contribution >= 0.6 is 15.9 Å². The van der Waals surface area contributed by atoms with Gasteiger partial charge in [0.25, 0.3) is 0 Å². The van der Waals surface area contributed by atoms with Gasteiger partial charge in [-0.1, -0.05) is 39.7 Å². The predicted octanol–water partition coefficient (Wildman–Crippen LogP) is 4.12. The third kappa shape index (κ3) is 2.44. The van der Waals surface area contributed by atoms with Gasteiger partial charge in [-0.15, -0.1) is 0 Å². The SMILES string of the molecule is Cc1ccc(Br)c(C(O)c2c(F)cccc2F)c1. The van der Waals surface area contributed by atoms with Gasteiger partial charge in [-0.2, -0.15) is 0 Å². The van der Waals surface area contributed by atoms with E-state index in [1.54, 1.807) is 12.1 Å². The van der Waals surface area contributed by atoms with Crippen molar-refractivity contribution in [3.05, 3.63) is 69.2 Å². The minimum atomic E-state index is -1.33. The summed E-state index contributed by atoms with van der Waals surface area (Å²) in [5, 5.41) is 10.1. The molecule has 0 fully saturated rings. The molecule has 1 nitrogen and oxygen atoms in total. The Bertz CT molecular complexity index is 564. The third-order valence-corrected chi connectivity index (χ3v) is 3.44. The second-order valence-corrected chi connectivity index (χ2v) is 4.92. The first-order valence-electron chi connectivity index (χ1n) is 5.38. The quantitative estimate of drug-likeness (QED) is 0.884. The van der Waals surface area contributed by atoms with Gasteiger partial charge in [0.15, 0.2) is 0 Å². The topological polar surface area (TPSA) is 20.2 Å². The Hall–Kier alpha value is -1.26. The van der Waals surface area contributed by atoms with Crippen molar-refractivity contribution in [2.45, 2.75) is 13.0 Å². The van der Waals surface area contributed by atoms with Gasteiger partial charge in [-0.05, 0) is 30.7 Å². The average molecular weight is 313 g/mol. The minimum Gasteiger partial charge on any atom is -0.383 e. The Morgan fingerprint density at radius 1 is 1.11 bits per heavy atom. The van der Waals surface area contributed by atoms with E-state index in [4.69, 9.17) is 0 Å². The van der Waals surface area contributed by atoms with Crippen molar-refractivity contribution in [2.24, 2.45) is 0 Å². The molecule has 0 amide bonds. The first-order chi connectivity index (χ1) is 8.50. The molecule has 1 unspecified atom stereocenters. The molecule has 4 heteroatoms. The molecule has 1 N–H and O–H groups in total. The van der Waals surface area contributed by atoms with Crippen LogP contribution in [0.15, 0.2) is 40.9 Å². The van der Waals surface area contributed by atoms with Gasteiger partial charge in [0.2, 0.25) is 0 Å². The maximum absolute atomic E-state index is 13.6. The summed E-state index contributed by atoms with van der Waals surface area (Å²) in [6.45, 7) is 1.85. The highest BCUT2D eigenvalue weighted by Gasteiger charge is 2.21. The Kier molecular flexibility index (Phi) is 3.78. The van der Waals surface area contributed by atoms with E-state index in [0.29, 0.717) is 10.0 Å².